The van der Waals surface area contributed by atoms with Crippen molar-refractivity contribution >= 4 is 5.82 Å². The molecule has 3 rings (SSSR count). The highest BCUT2D eigenvalue weighted by Crippen LogP contribution is 2.29. The van der Waals surface area contributed by atoms with Gasteiger partial charge in [-0.25, -0.2) is 9.97 Å². The van der Waals surface area contributed by atoms with Crippen LogP contribution in [0, 0.1) is 11.3 Å². The summed E-state index contributed by atoms with van der Waals surface area (Å²) in [5.74, 6) is 0.780. The summed E-state index contributed by atoms with van der Waals surface area (Å²) in [7, 11) is 0. The van der Waals surface area contributed by atoms with Gasteiger partial charge >= 0.3 is 0 Å². The Balaban J connectivity index is 1.68. The molecule has 0 amide bonds. The van der Waals surface area contributed by atoms with E-state index in [2.05, 4.69) is 20.2 Å². The first-order valence-electron chi connectivity index (χ1n) is 6.09. The van der Waals surface area contributed by atoms with Gasteiger partial charge in [0.2, 0.25) is 0 Å². The molecule has 88 valence electrons. The molecular weight excluding hydrogens is 214 g/mol. The number of anilines is 1. The molecule has 1 aromatic heterocycles. The Morgan fingerprint density at radius 1 is 1.29 bits per heavy atom. The zero-order valence-electron chi connectivity index (χ0n) is 9.63. The van der Waals surface area contributed by atoms with Gasteiger partial charge in [0.25, 0.3) is 0 Å². The van der Waals surface area contributed by atoms with Gasteiger partial charge in [-0.3, -0.25) is 4.90 Å². The number of rotatable bonds is 2. The average molecular weight is 229 g/mol. The molecule has 2 atom stereocenters. The summed E-state index contributed by atoms with van der Waals surface area (Å²) >= 11 is 0. The van der Waals surface area contributed by atoms with Gasteiger partial charge in [0.05, 0.1) is 12.4 Å². The molecule has 2 saturated heterocycles. The second kappa shape index (κ2) is 4.30. The fourth-order valence-electron chi connectivity index (χ4n) is 2.90. The van der Waals surface area contributed by atoms with Crippen molar-refractivity contribution in [2.75, 3.05) is 18.4 Å². The molecule has 0 bridgehead atoms. The third-order valence-electron chi connectivity index (χ3n) is 3.71. The Morgan fingerprint density at radius 2 is 2.24 bits per heavy atom. The van der Waals surface area contributed by atoms with Crippen molar-refractivity contribution in [2.45, 2.75) is 31.3 Å². The van der Waals surface area contributed by atoms with Gasteiger partial charge in [-0.1, -0.05) is 0 Å². The summed E-state index contributed by atoms with van der Waals surface area (Å²) in [6.07, 6.45) is 6.93. The van der Waals surface area contributed by atoms with E-state index in [9.17, 15) is 0 Å². The van der Waals surface area contributed by atoms with Crippen LogP contribution in [0.3, 0.4) is 0 Å². The van der Waals surface area contributed by atoms with Crippen LogP contribution in [-0.2, 0) is 0 Å². The lowest BCUT2D eigenvalue weighted by Crippen LogP contribution is -2.34. The molecule has 1 N–H and O–H groups in total. The highest BCUT2D eigenvalue weighted by atomic mass is 15.2. The van der Waals surface area contributed by atoms with Crippen LogP contribution >= 0.6 is 0 Å². The van der Waals surface area contributed by atoms with E-state index in [1.807, 2.05) is 6.07 Å². The van der Waals surface area contributed by atoms with Crippen LogP contribution in [0.4, 0.5) is 5.82 Å². The summed E-state index contributed by atoms with van der Waals surface area (Å²) in [5, 5.41) is 12.1. The molecule has 2 fully saturated rings. The zero-order chi connectivity index (χ0) is 11.7. The Hall–Kier alpha value is -1.67. The summed E-state index contributed by atoms with van der Waals surface area (Å²) in [6.45, 7) is 2.42. The predicted molar refractivity (Wildman–Crippen MR) is 63.4 cm³/mol. The van der Waals surface area contributed by atoms with E-state index in [0.29, 0.717) is 17.8 Å². The molecule has 2 aliphatic rings. The Bertz CT molecular complexity index is 435. The first kappa shape index (κ1) is 10.5. The summed E-state index contributed by atoms with van der Waals surface area (Å²) in [5.41, 5.74) is 0.365. The molecule has 2 aliphatic heterocycles. The average Bonchev–Trinajstić information content (AvgIpc) is 2.95. The summed E-state index contributed by atoms with van der Waals surface area (Å²) < 4.78 is 0. The smallest absolute Gasteiger partial charge is 0.158 e. The quantitative estimate of drug-likeness (QED) is 0.819. The van der Waals surface area contributed by atoms with Crippen LogP contribution in [0.1, 0.15) is 25.0 Å². The Kier molecular flexibility index (Phi) is 2.65. The van der Waals surface area contributed by atoms with E-state index in [1.165, 1.54) is 38.5 Å². The van der Waals surface area contributed by atoms with Crippen molar-refractivity contribution in [1.82, 2.24) is 14.9 Å². The maximum absolute atomic E-state index is 8.66. The molecule has 5 nitrogen and oxygen atoms in total. The highest BCUT2D eigenvalue weighted by Gasteiger charge is 2.37. The fourth-order valence-corrected chi connectivity index (χ4v) is 2.90. The van der Waals surface area contributed by atoms with Crippen LogP contribution in [0.2, 0.25) is 0 Å². The van der Waals surface area contributed by atoms with E-state index < -0.39 is 0 Å². The SMILES string of the molecule is N#Cc1cnc(NC2CCN3CCCC23)cn1. The van der Waals surface area contributed by atoms with Crippen molar-refractivity contribution in [2.24, 2.45) is 0 Å². The first-order valence-corrected chi connectivity index (χ1v) is 6.09. The zero-order valence-corrected chi connectivity index (χ0v) is 9.63. The first-order chi connectivity index (χ1) is 8.36. The van der Waals surface area contributed by atoms with E-state index in [-0.39, 0.29) is 0 Å². The topological polar surface area (TPSA) is 64.8 Å². The van der Waals surface area contributed by atoms with Crippen molar-refractivity contribution in [3.05, 3.63) is 18.1 Å². The summed E-state index contributed by atoms with van der Waals surface area (Å²) in [6, 6.07) is 3.12. The van der Waals surface area contributed by atoms with Gasteiger partial charge < -0.3 is 5.32 Å². The number of nitrogens with one attached hydrogen (secondary N) is 1. The molecule has 0 aromatic carbocycles. The summed E-state index contributed by atoms with van der Waals surface area (Å²) in [4.78, 5) is 10.8. The molecule has 0 saturated carbocycles. The second-order valence-electron chi connectivity index (χ2n) is 4.68. The van der Waals surface area contributed by atoms with Crippen molar-refractivity contribution in [3.8, 4) is 6.07 Å². The molecule has 0 spiro atoms. The van der Waals surface area contributed by atoms with E-state index in [0.717, 1.165) is 5.82 Å². The van der Waals surface area contributed by atoms with Gasteiger partial charge in [0, 0.05) is 18.6 Å². The number of hydrogen-bond acceptors (Lipinski definition) is 5. The number of aromatic nitrogens is 2. The van der Waals surface area contributed by atoms with Crippen LogP contribution < -0.4 is 5.32 Å². The van der Waals surface area contributed by atoms with E-state index in [1.54, 1.807) is 6.20 Å². The number of hydrogen-bond donors (Lipinski definition) is 1. The Labute approximate surface area is 100 Å². The lowest BCUT2D eigenvalue weighted by Gasteiger charge is -2.21. The van der Waals surface area contributed by atoms with E-state index >= 15 is 0 Å². The molecule has 0 aliphatic carbocycles. The standard InChI is InChI=1S/C12H15N5/c13-6-9-7-15-12(8-14-9)16-10-3-5-17-4-1-2-11(10)17/h7-8,10-11H,1-5H2,(H,15,16). The van der Waals surface area contributed by atoms with Gasteiger partial charge in [0.1, 0.15) is 11.9 Å². The van der Waals surface area contributed by atoms with Gasteiger partial charge in [0.15, 0.2) is 5.69 Å². The minimum Gasteiger partial charge on any atom is -0.364 e. The second-order valence-corrected chi connectivity index (χ2v) is 4.68. The molecule has 0 radical (unpaired) electrons. The molecule has 5 heteroatoms. The van der Waals surface area contributed by atoms with Crippen LogP contribution in [0.5, 0.6) is 0 Å². The van der Waals surface area contributed by atoms with E-state index in [4.69, 9.17) is 5.26 Å². The lowest BCUT2D eigenvalue weighted by atomic mass is 10.1. The number of nitrogens with zero attached hydrogens (tertiary/aromatic N) is 4. The third kappa shape index (κ3) is 1.96. The molecule has 2 unspecified atom stereocenters. The molecular formula is C12H15N5. The fraction of sp³-hybridized carbons (Fsp3) is 0.583. The van der Waals surface area contributed by atoms with Gasteiger partial charge in [-0.15, -0.1) is 0 Å². The van der Waals surface area contributed by atoms with Gasteiger partial charge in [-0.2, -0.15) is 5.26 Å². The van der Waals surface area contributed by atoms with Gasteiger partial charge in [-0.05, 0) is 25.8 Å². The minimum atomic E-state index is 0.365. The third-order valence-corrected chi connectivity index (χ3v) is 3.71. The largest absolute Gasteiger partial charge is 0.364 e. The predicted octanol–water partition coefficient (Wildman–Crippen LogP) is 0.997. The van der Waals surface area contributed by atoms with Crippen molar-refractivity contribution in [3.63, 3.8) is 0 Å². The molecule has 1 aromatic rings. The Morgan fingerprint density at radius 3 is 3.00 bits per heavy atom. The van der Waals surface area contributed by atoms with Crippen LogP contribution in [0.25, 0.3) is 0 Å². The van der Waals surface area contributed by atoms with Crippen LogP contribution in [0.15, 0.2) is 12.4 Å². The van der Waals surface area contributed by atoms with Crippen LogP contribution in [-0.4, -0.2) is 40.0 Å². The monoisotopic (exact) mass is 229 g/mol. The number of fused-ring (bicyclic) bond motifs is 1. The molecule has 17 heavy (non-hydrogen) atoms. The number of nitriles is 1. The maximum Gasteiger partial charge on any atom is 0.158 e. The lowest BCUT2D eigenvalue weighted by molar-refractivity contribution is 0.318. The minimum absolute atomic E-state index is 0.365. The van der Waals surface area contributed by atoms with Crippen molar-refractivity contribution in [1.29, 1.82) is 5.26 Å². The molecule has 3 heterocycles. The van der Waals surface area contributed by atoms with Crippen molar-refractivity contribution < 1.29 is 0 Å². The normalized spacial score (nSPS) is 27.7. The maximum atomic E-state index is 8.66. The highest BCUT2D eigenvalue weighted by molar-refractivity contribution is 5.35.